The fourth-order valence-corrected chi connectivity index (χ4v) is 0.665. The number of azo groups is 1. The molecule has 61 valence electrons. The topological polar surface area (TPSA) is 24.7 Å². The highest BCUT2D eigenvalue weighted by molar-refractivity contribution is 6.24. The summed E-state index contributed by atoms with van der Waals surface area (Å²) in [6.45, 7) is 1.27. The lowest BCUT2D eigenvalue weighted by molar-refractivity contribution is -0.0929. The van der Waals surface area contributed by atoms with Gasteiger partial charge in [0.1, 0.15) is 0 Å². The van der Waals surface area contributed by atoms with Gasteiger partial charge in [-0.2, -0.15) is 18.3 Å². The molecule has 0 saturated carbocycles. The van der Waals surface area contributed by atoms with Gasteiger partial charge in [-0.15, -0.1) is 5.11 Å². The van der Waals surface area contributed by atoms with E-state index in [-0.39, 0.29) is 0 Å². The Labute approximate surface area is 65.8 Å². The van der Waals surface area contributed by atoms with Crippen LogP contribution in [0.2, 0.25) is 0 Å². The quantitative estimate of drug-likeness (QED) is 0.408. The SMILES string of the molecule is CC1(Cl)[C]=C(C(F)(F)F)N=N1. The average Bonchev–Trinajstić information content (AvgIpc) is 2.07. The first kappa shape index (κ1) is 8.52. The first-order valence-electron chi connectivity index (χ1n) is 2.65. The average molecular weight is 184 g/mol. The van der Waals surface area contributed by atoms with Crippen LogP contribution in [0.1, 0.15) is 6.92 Å². The molecule has 0 aromatic carbocycles. The molecule has 1 heterocycles. The maximum atomic E-state index is 11.8. The summed E-state index contributed by atoms with van der Waals surface area (Å²) < 4.78 is 35.4. The van der Waals surface area contributed by atoms with Gasteiger partial charge in [0.25, 0.3) is 0 Å². The number of hydrogen-bond donors (Lipinski definition) is 0. The van der Waals surface area contributed by atoms with E-state index in [1.165, 1.54) is 6.92 Å². The van der Waals surface area contributed by atoms with Crippen LogP contribution in [0.4, 0.5) is 13.2 Å². The summed E-state index contributed by atoms with van der Waals surface area (Å²) in [6, 6.07) is 0. The Hall–Kier alpha value is -0.580. The Morgan fingerprint density at radius 3 is 2.27 bits per heavy atom. The Bertz CT molecular complexity index is 228. The van der Waals surface area contributed by atoms with Gasteiger partial charge in [-0.25, -0.2) is 0 Å². The minimum Gasteiger partial charge on any atom is -0.164 e. The molecule has 2 nitrogen and oxygen atoms in total. The van der Waals surface area contributed by atoms with Crippen LogP contribution in [0.25, 0.3) is 0 Å². The monoisotopic (exact) mass is 183 g/mol. The lowest BCUT2D eigenvalue weighted by Crippen LogP contribution is -2.11. The summed E-state index contributed by atoms with van der Waals surface area (Å²) in [7, 11) is 0. The highest BCUT2D eigenvalue weighted by Crippen LogP contribution is 2.35. The molecule has 0 bridgehead atoms. The molecule has 11 heavy (non-hydrogen) atoms. The molecule has 0 aliphatic carbocycles. The van der Waals surface area contributed by atoms with E-state index in [2.05, 4.69) is 10.2 Å². The van der Waals surface area contributed by atoms with Crippen molar-refractivity contribution in [2.24, 2.45) is 10.2 Å². The molecule has 6 heteroatoms. The van der Waals surface area contributed by atoms with Crippen molar-refractivity contribution >= 4 is 11.6 Å². The molecule has 0 aromatic rings. The number of nitrogens with zero attached hydrogens (tertiary/aromatic N) is 2. The third-order valence-electron chi connectivity index (χ3n) is 0.953. The number of allylic oxidation sites excluding steroid dienone is 1. The first-order valence-corrected chi connectivity index (χ1v) is 3.03. The van der Waals surface area contributed by atoms with E-state index < -0.39 is 16.9 Å². The van der Waals surface area contributed by atoms with Gasteiger partial charge in [0.15, 0.2) is 10.7 Å². The third-order valence-corrected chi connectivity index (χ3v) is 1.12. The van der Waals surface area contributed by atoms with E-state index >= 15 is 0 Å². The first-order chi connectivity index (χ1) is 4.81. The second kappa shape index (κ2) is 2.20. The molecule has 1 radical (unpaired) electrons. The minimum atomic E-state index is -4.50. The molecule has 0 amide bonds. The maximum absolute atomic E-state index is 11.8. The van der Waals surface area contributed by atoms with Gasteiger partial charge >= 0.3 is 6.18 Å². The van der Waals surface area contributed by atoms with E-state index in [4.69, 9.17) is 11.6 Å². The van der Waals surface area contributed by atoms with Crippen LogP contribution in [-0.4, -0.2) is 11.2 Å². The van der Waals surface area contributed by atoms with Crippen LogP contribution >= 0.6 is 11.6 Å². The van der Waals surface area contributed by atoms with E-state index in [0.29, 0.717) is 0 Å². The number of hydrogen-bond acceptors (Lipinski definition) is 2. The summed E-state index contributed by atoms with van der Waals surface area (Å²) in [5.74, 6) is 0. The molecule has 0 fully saturated rings. The molecule has 1 aliphatic heterocycles. The van der Waals surface area contributed by atoms with E-state index in [9.17, 15) is 13.2 Å². The molecular weight excluding hydrogens is 181 g/mol. The van der Waals surface area contributed by atoms with Crippen LogP contribution in [-0.2, 0) is 0 Å². The van der Waals surface area contributed by atoms with Crippen molar-refractivity contribution in [1.29, 1.82) is 0 Å². The van der Waals surface area contributed by atoms with Gasteiger partial charge in [-0.3, -0.25) is 0 Å². The molecule has 1 rings (SSSR count). The smallest absolute Gasteiger partial charge is 0.164 e. The van der Waals surface area contributed by atoms with Gasteiger partial charge in [0.05, 0.1) is 0 Å². The third kappa shape index (κ3) is 1.92. The van der Waals surface area contributed by atoms with Crippen LogP contribution in [0, 0.1) is 6.08 Å². The van der Waals surface area contributed by atoms with Gasteiger partial charge in [-0.05, 0) is 6.92 Å². The largest absolute Gasteiger partial charge is 0.435 e. The van der Waals surface area contributed by atoms with E-state index in [1.807, 2.05) is 6.08 Å². The maximum Gasteiger partial charge on any atom is 0.435 e. The zero-order valence-corrected chi connectivity index (χ0v) is 6.16. The highest BCUT2D eigenvalue weighted by Gasteiger charge is 2.40. The fraction of sp³-hybridized carbons (Fsp3) is 0.600. The number of halogens is 4. The molecule has 1 atom stereocenters. The van der Waals surface area contributed by atoms with Crippen molar-refractivity contribution in [3.05, 3.63) is 11.8 Å². The van der Waals surface area contributed by atoms with Gasteiger partial charge in [0, 0.05) is 6.08 Å². The van der Waals surface area contributed by atoms with Crippen molar-refractivity contribution in [1.82, 2.24) is 0 Å². The Kier molecular flexibility index (Phi) is 1.70. The summed E-state index contributed by atoms with van der Waals surface area (Å²) in [5.41, 5.74) is -1.16. The summed E-state index contributed by atoms with van der Waals surface area (Å²) in [5, 5.41) is 5.97. The van der Waals surface area contributed by atoms with Crippen molar-refractivity contribution in [3.63, 3.8) is 0 Å². The summed E-state index contributed by atoms with van der Waals surface area (Å²) in [4.78, 5) is -1.45. The molecule has 0 aromatic heterocycles. The van der Waals surface area contributed by atoms with Gasteiger partial charge < -0.3 is 0 Å². The van der Waals surface area contributed by atoms with Crippen molar-refractivity contribution in [2.75, 3.05) is 0 Å². The van der Waals surface area contributed by atoms with E-state index in [0.717, 1.165) is 0 Å². The van der Waals surface area contributed by atoms with Crippen LogP contribution < -0.4 is 0 Å². The summed E-state index contributed by atoms with van der Waals surface area (Å²) in [6.07, 6.45) is -2.61. The van der Waals surface area contributed by atoms with Gasteiger partial charge in [0.2, 0.25) is 0 Å². The predicted molar refractivity (Wildman–Crippen MR) is 31.9 cm³/mol. The molecular formula is C5H3ClF3N2. The van der Waals surface area contributed by atoms with Crippen molar-refractivity contribution in [2.45, 2.75) is 18.1 Å². The molecule has 1 aliphatic rings. The second-order valence-corrected chi connectivity index (χ2v) is 2.86. The zero-order valence-electron chi connectivity index (χ0n) is 5.41. The Morgan fingerprint density at radius 2 is 2.09 bits per heavy atom. The Balaban J connectivity index is 2.89. The number of rotatable bonds is 0. The number of alkyl halides is 4. The lowest BCUT2D eigenvalue weighted by atomic mass is 10.3. The molecule has 0 saturated heterocycles. The predicted octanol–water partition coefficient (Wildman–Crippen LogP) is 2.66. The Morgan fingerprint density at radius 1 is 1.55 bits per heavy atom. The standard InChI is InChI=1S/C5H3ClF3N2/c1-4(6)2-3(10-11-4)5(7,8)9/h1H3. The zero-order chi connectivity index (χ0) is 8.70. The summed E-state index contributed by atoms with van der Waals surface area (Å²) >= 11 is 5.38. The molecule has 0 N–H and O–H groups in total. The van der Waals surface area contributed by atoms with Crippen LogP contribution in [0.15, 0.2) is 15.9 Å². The highest BCUT2D eigenvalue weighted by atomic mass is 35.5. The van der Waals surface area contributed by atoms with Crippen molar-refractivity contribution < 1.29 is 13.2 Å². The van der Waals surface area contributed by atoms with E-state index in [1.54, 1.807) is 0 Å². The van der Waals surface area contributed by atoms with Crippen LogP contribution in [0.3, 0.4) is 0 Å². The second-order valence-electron chi connectivity index (χ2n) is 2.12. The molecule has 1 unspecified atom stereocenters. The normalized spacial score (nSPS) is 30.8. The van der Waals surface area contributed by atoms with Crippen molar-refractivity contribution in [3.8, 4) is 0 Å². The minimum absolute atomic E-state index is 1.16. The van der Waals surface area contributed by atoms with Crippen LogP contribution in [0.5, 0.6) is 0 Å². The lowest BCUT2D eigenvalue weighted by Gasteiger charge is -2.02. The van der Waals surface area contributed by atoms with Gasteiger partial charge in [-0.1, -0.05) is 11.6 Å². The fourth-order valence-electron chi connectivity index (χ4n) is 0.538. The molecule has 0 spiro atoms.